The molecule has 0 spiro atoms. The summed E-state index contributed by atoms with van der Waals surface area (Å²) in [5, 5.41) is 0.0220. The maximum Gasteiger partial charge on any atom is 0.264 e. The Kier molecular flexibility index (Phi) is 4.54. The average Bonchev–Trinajstić information content (AvgIpc) is 2.38. The van der Waals surface area contributed by atoms with Gasteiger partial charge in [-0.3, -0.25) is 4.79 Å². The lowest BCUT2D eigenvalue weighted by atomic mass is 10.2. The van der Waals surface area contributed by atoms with Crippen molar-refractivity contribution in [3.05, 3.63) is 48.7 Å². The molecule has 1 aromatic heterocycles. The first-order chi connectivity index (χ1) is 9.02. The molecule has 1 heterocycles. The first kappa shape index (κ1) is 14.4. The number of H-pyrrole nitrogens is 1. The van der Waals surface area contributed by atoms with E-state index in [0.717, 1.165) is 0 Å². The standard InChI is InChI=1S/C12H9ClFIN2O2/c1-19-5-9-10(15)12(18)17-11(16-9)6-2-3-7(13)8(14)4-6/h2-4H,5H2,1H3,(H,16,17,18). The van der Waals surface area contributed by atoms with E-state index in [4.69, 9.17) is 16.3 Å². The van der Waals surface area contributed by atoms with Gasteiger partial charge in [0.15, 0.2) is 0 Å². The van der Waals surface area contributed by atoms with E-state index in [9.17, 15) is 9.18 Å². The quantitative estimate of drug-likeness (QED) is 0.815. The zero-order valence-electron chi connectivity index (χ0n) is 9.84. The highest BCUT2D eigenvalue weighted by molar-refractivity contribution is 14.1. The molecular formula is C12H9ClFIN2O2. The highest BCUT2D eigenvalue weighted by atomic mass is 127. The third kappa shape index (κ3) is 3.13. The maximum atomic E-state index is 13.4. The number of aromatic amines is 1. The van der Waals surface area contributed by atoms with Gasteiger partial charge in [-0.2, -0.15) is 0 Å². The molecule has 0 radical (unpaired) electrons. The van der Waals surface area contributed by atoms with Gasteiger partial charge in [0.2, 0.25) is 0 Å². The van der Waals surface area contributed by atoms with Crippen molar-refractivity contribution in [2.45, 2.75) is 6.61 Å². The lowest BCUT2D eigenvalue weighted by molar-refractivity contribution is 0.180. The minimum Gasteiger partial charge on any atom is -0.378 e. The molecule has 0 fully saturated rings. The van der Waals surface area contributed by atoms with Crippen molar-refractivity contribution in [3.63, 3.8) is 0 Å². The monoisotopic (exact) mass is 394 g/mol. The number of ether oxygens (including phenoxy) is 1. The summed E-state index contributed by atoms with van der Waals surface area (Å²) in [6, 6.07) is 4.23. The molecule has 0 amide bonds. The van der Waals surface area contributed by atoms with E-state index >= 15 is 0 Å². The van der Waals surface area contributed by atoms with E-state index in [1.807, 2.05) is 22.6 Å². The Morgan fingerprint density at radius 2 is 2.26 bits per heavy atom. The summed E-state index contributed by atoms with van der Waals surface area (Å²) >= 11 is 7.51. The summed E-state index contributed by atoms with van der Waals surface area (Å²) in [5.74, 6) is -0.276. The number of nitrogens with zero attached hydrogens (tertiary/aromatic N) is 1. The zero-order chi connectivity index (χ0) is 14.0. The molecule has 1 aromatic carbocycles. The number of methoxy groups -OCH3 is 1. The van der Waals surface area contributed by atoms with Crippen molar-refractivity contribution in [2.24, 2.45) is 0 Å². The van der Waals surface area contributed by atoms with Gasteiger partial charge < -0.3 is 9.72 Å². The van der Waals surface area contributed by atoms with Crippen LogP contribution in [0, 0.1) is 9.39 Å². The summed E-state index contributed by atoms with van der Waals surface area (Å²) in [7, 11) is 1.51. The molecule has 100 valence electrons. The van der Waals surface area contributed by atoms with Gasteiger partial charge in [-0.25, -0.2) is 9.37 Å². The van der Waals surface area contributed by atoms with Gasteiger partial charge in [-0.15, -0.1) is 0 Å². The van der Waals surface area contributed by atoms with E-state index in [1.54, 1.807) is 6.07 Å². The highest BCUT2D eigenvalue weighted by Gasteiger charge is 2.11. The van der Waals surface area contributed by atoms with Gasteiger partial charge in [-0.05, 0) is 40.8 Å². The molecule has 0 atom stereocenters. The molecule has 0 aliphatic rings. The van der Waals surface area contributed by atoms with E-state index in [0.29, 0.717) is 14.8 Å². The fraction of sp³-hybridized carbons (Fsp3) is 0.167. The Bertz CT molecular complexity index is 675. The number of nitrogens with one attached hydrogen (secondary N) is 1. The van der Waals surface area contributed by atoms with Crippen LogP contribution in [0.3, 0.4) is 0 Å². The molecule has 0 bridgehead atoms. The molecule has 0 saturated heterocycles. The van der Waals surface area contributed by atoms with Crippen LogP contribution >= 0.6 is 34.2 Å². The van der Waals surface area contributed by atoms with Crippen LogP contribution in [0.1, 0.15) is 5.69 Å². The van der Waals surface area contributed by atoms with Crippen LogP contribution in [-0.2, 0) is 11.3 Å². The molecule has 19 heavy (non-hydrogen) atoms. The van der Waals surface area contributed by atoms with Crippen molar-refractivity contribution in [2.75, 3.05) is 7.11 Å². The van der Waals surface area contributed by atoms with Crippen LogP contribution in [0.5, 0.6) is 0 Å². The van der Waals surface area contributed by atoms with Crippen LogP contribution in [0.15, 0.2) is 23.0 Å². The summed E-state index contributed by atoms with van der Waals surface area (Å²) in [4.78, 5) is 18.6. The summed E-state index contributed by atoms with van der Waals surface area (Å²) in [6.45, 7) is 0.214. The topological polar surface area (TPSA) is 55.0 Å². The molecule has 1 N–H and O–H groups in total. The Labute approximate surface area is 127 Å². The minimum absolute atomic E-state index is 0.0220. The van der Waals surface area contributed by atoms with Gasteiger partial charge >= 0.3 is 0 Å². The van der Waals surface area contributed by atoms with E-state index in [2.05, 4.69) is 9.97 Å². The molecule has 0 unspecified atom stereocenters. The fourth-order valence-corrected chi connectivity index (χ4v) is 2.05. The van der Waals surface area contributed by atoms with Crippen molar-refractivity contribution >= 4 is 34.2 Å². The van der Waals surface area contributed by atoms with Crippen LogP contribution in [0.25, 0.3) is 11.4 Å². The number of hydrogen-bond acceptors (Lipinski definition) is 3. The molecule has 4 nitrogen and oxygen atoms in total. The molecule has 2 aromatic rings. The van der Waals surface area contributed by atoms with Crippen molar-refractivity contribution in [1.29, 1.82) is 0 Å². The Hall–Kier alpha value is -0.990. The van der Waals surface area contributed by atoms with Gasteiger partial charge in [0.25, 0.3) is 5.56 Å². The number of aromatic nitrogens is 2. The Morgan fingerprint density at radius 1 is 1.53 bits per heavy atom. The molecule has 0 aliphatic heterocycles. The number of benzene rings is 1. The molecule has 0 saturated carbocycles. The summed E-state index contributed by atoms with van der Waals surface area (Å²) in [6.07, 6.45) is 0. The average molecular weight is 395 g/mol. The predicted molar refractivity (Wildman–Crippen MR) is 78.7 cm³/mol. The molecular weight excluding hydrogens is 385 g/mol. The third-order valence-electron chi connectivity index (χ3n) is 2.41. The minimum atomic E-state index is -0.561. The second-order valence-corrected chi connectivity index (χ2v) is 5.22. The number of halogens is 3. The summed E-state index contributed by atoms with van der Waals surface area (Å²) in [5.41, 5.74) is 0.679. The highest BCUT2D eigenvalue weighted by Crippen LogP contribution is 2.21. The van der Waals surface area contributed by atoms with Crippen molar-refractivity contribution < 1.29 is 9.13 Å². The first-order valence-electron chi connectivity index (χ1n) is 5.26. The lowest BCUT2D eigenvalue weighted by Crippen LogP contribution is -2.16. The Balaban J connectivity index is 2.56. The maximum absolute atomic E-state index is 13.4. The lowest BCUT2D eigenvalue weighted by Gasteiger charge is -2.06. The Morgan fingerprint density at radius 3 is 2.89 bits per heavy atom. The van der Waals surface area contributed by atoms with Crippen molar-refractivity contribution in [1.82, 2.24) is 9.97 Å². The smallest absolute Gasteiger partial charge is 0.264 e. The fourth-order valence-electron chi connectivity index (χ4n) is 1.52. The number of hydrogen-bond donors (Lipinski definition) is 1. The van der Waals surface area contributed by atoms with E-state index in [-0.39, 0.29) is 23.0 Å². The van der Waals surface area contributed by atoms with Crippen LogP contribution in [0.4, 0.5) is 4.39 Å². The van der Waals surface area contributed by atoms with Gasteiger partial charge in [-0.1, -0.05) is 11.6 Å². The second kappa shape index (κ2) is 5.98. The molecule has 2 rings (SSSR count). The SMILES string of the molecule is COCc1nc(-c2ccc(Cl)c(F)c2)[nH]c(=O)c1I. The van der Waals surface area contributed by atoms with Crippen molar-refractivity contribution in [3.8, 4) is 11.4 Å². The molecule has 0 aliphatic carbocycles. The van der Waals surface area contributed by atoms with E-state index < -0.39 is 5.82 Å². The van der Waals surface area contributed by atoms with Gasteiger partial charge in [0, 0.05) is 12.7 Å². The van der Waals surface area contributed by atoms with Crippen LogP contribution in [-0.4, -0.2) is 17.1 Å². The predicted octanol–water partition coefficient (Wildman–Crippen LogP) is 2.98. The van der Waals surface area contributed by atoms with Crippen LogP contribution < -0.4 is 5.56 Å². The number of rotatable bonds is 3. The zero-order valence-corrected chi connectivity index (χ0v) is 12.8. The third-order valence-corrected chi connectivity index (χ3v) is 3.82. The summed E-state index contributed by atoms with van der Waals surface area (Å²) < 4.78 is 18.9. The molecule has 7 heteroatoms. The van der Waals surface area contributed by atoms with E-state index in [1.165, 1.54) is 19.2 Å². The largest absolute Gasteiger partial charge is 0.378 e. The normalized spacial score (nSPS) is 10.7. The van der Waals surface area contributed by atoms with Gasteiger partial charge in [0.1, 0.15) is 15.2 Å². The van der Waals surface area contributed by atoms with Gasteiger partial charge in [0.05, 0.1) is 17.3 Å². The van der Waals surface area contributed by atoms with Crippen LogP contribution in [0.2, 0.25) is 5.02 Å². The second-order valence-electron chi connectivity index (χ2n) is 3.74. The first-order valence-corrected chi connectivity index (χ1v) is 6.71.